The third kappa shape index (κ3) is 2.01. The number of nitrogens with zero attached hydrogens (tertiary/aromatic N) is 2. The summed E-state index contributed by atoms with van der Waals surface area (Å²) in [6, 6.07) is 0. The summed E-state index contributed by atoms with van der Waals surface area (Å²) in [7, 11) is 0. The maximum atomic E-state index is 11.8. The lowest BCUT2D eigenvalue weighted by molar-refractivity contribution is 0.110. The van der Waals surface area contributed by atoms with Gasteiger partial charge in [-0.3, -0.25) is 9.48 Å². The summed E-state index contributed by atoms with van der Waals surface area (Å²) in [5, 5.41) is 3.59. The molecular weight excluding hydrogens is 190 g/mol. The van der Waals surface area contributed by atoms with Gasteiger partial charge in [-0.15, -0.1) is 0 Å². The molecule has 0 spiro atoms. The fourth-order valence-electron chi connectivity index (χ4n) is 0.727. The zero-order valence-corrected chi connectivity index (χ0v) is 6.63. The Morgan fingerprint density at radius 1 is 1.75 bits per heavy atom. The molecule has 1 aromatic rings. The lowest BCUT2D eigenvalue weighted by Crippen LogP contribution is -2.07. The maximum Gasteiger partial charge on any atom is 0.257 e. The standard InChI is InChI=1S/C6H5ClF2N2O/c7-4-1-11(2-6(8)9)10-5(4)3-12/h1,3,6H,2H2. The molecule has 1 aromatic heterocycles. The summed E-state index contributed by atoms with van der Waals surface area (Å²) in [4.78, 5) is 10.2. The Morgan fingerprint density at radius 3 is 2.83 bits per heavy atom. The average Bonchev–Trinajstić information content (AvgIpc) is 2.29. The first-order chi connectivity index (χ1) is 5.63. The SMILES string of the molecule is O=Cc1nn(CC(F)F)cc1Cl. The molecule has 0 unspecified atom stereocenters. The highest BCUT2D eigenvalue weighted by molar-refractivity contribution is 6.32. The van der Waals surface area contributed by atoms with Crippen molar-refractivity contribution in [3.05, 3.63) is 16.9 Å². The van der Waals surface area contributed by atoms with Crippen molar-refractivity contribution in [2.45, 2.75) is 13.0 Å². The first-order valence-corrected chi connectivity index (χ1v) is 3.47. The Labute approximate surface area is 71.9 Å². The molecule has 3 nitrogen and oxygen atoms in total. The van der Waals surface area contributed by atoms with Gasteiger partial charge in [0.1, 0.15) is 12.2 Å². The summed E-state index contributed by atoms with van der Waals surface area (Å²) >= 11 is 5.47. The number of carbonyl (C=O) groups is 1. The second-order valence-corrected chi connectivity index (χ2v) is 2.50. The molecule has 0 amide bonds. The van der Waals surface area contributed by atoms with Gasteiger partial charge in [0.05, 0.1) is 5.02 Å². The summed E-state index contributed by atoms with van der Waals surface area (Å²) in [6.07, 6.45) is -0.887. The van der Waals surface area contributed by atoms with Crippen LogP contribution in [-0.4, -0.2) is 22.5 Å². The topological polar surface area (TPSA) is 34.9 Å². The normalized spacial score (nSPS) is 10.7. The van der Waals surface area contributed by atoms with Gasteiger partial charge in [-0.25, -0.2) is 8.78 Å². The molecule has 0 aliphatic rings. The van der Waals surface area contributed by atoms with Crippen LogP contribution < -0.4 is 0 Å². The van der Waals surface area contributed by atoms with E-state index in [-0.39, 0.29) is 10.7 Å². The third-order valence-corrected chi connectivity index (χ3v) is 1.47. The minimum Gasteiger partial charge on any atom is -0.296 e. The van der Waals surface area contributed by atoms with Crippen LogP contribution in [0, 0.1) is 0 Å². The number of alkyl halides is 2. The first kappa shape index (κ1) is 9.12. The van der Waals surface area contributed by atoms with E-state index in [1.54, 1.807) is 0 Å². The largest absolute Gasteiger partial charge is 0.296 e. The van der Waals surface area contributed by atoms with E-state index in [0.717, 1.165) is 4.68 Å². The minimum atomic E-state index is -2.50. The zero-order chi connectivity index (χ0) is 9.14. The number of hydrogen-bond donors (Lipinski definition) is 0. The molecule has 0 N–H and O–H groups in total. The van der Waals surface area contributed by atoms with Crippen molar-refractivity contribution in [3.8, 4) is 0 Å². The smallest absolute Gasteiger partial charge is 0.257 e. The van der Waals surface area contributed by atoms with Crippen molar-refractivity contribution in [2.24, 2.45) is 0 Å². The Kier molecular flexibility index (Phi) is 2.75. The second kappa shape index (κ2) is 3.62. The molecule has 0 atom stereocenters. The zero-order valence-electron chi connectivity index (χ0n) is 5.88. The Balaban J connectivity index is 2.82. The molecule has 1 rings (SSSR count). The number of halogens is 3. The van der Waals surface area contributed by atoms with Crippen LogP contribution in [0.4, 0.5) is 8.78 Å². The van der Waals surface area contributed by atoms with Crippen molar-refractivity contribution >= 4 is 17.9 Å². The van der Waals surface area contributed by atoms with Crippen LogP contribution in [-0.2, 0) is 6.54 Å². The van der Waals surface area contributed by atoms with Crippen LogP contribution in [0.1, 0.15) is 10.5 Å². The summed E-state index contributed by atoms with van der Waals surface area (Å²) in [5.74, 6) is 0. The van der Waals surface area contributed by atoms with Gasteiger partial charge in [-0.05, 0) is 0 Å². The number of hydrogen-bond acceptors (Lipinski definition) is 2. The van der Waals surface area contributed by atoms with Gasteiger partial charge < -0.3 is 0 Å². The van der Waals surface area contributed by atoms with Gasteiger partial charge in [-0.2, -0.15) is 5.10 Å². The van der Waals surface area contributed by atoms with Gasteiger partial charge in [0.15, 0.2) is 6.29 Å². The van der Waals surface area contributed by atoms with E-state index in [9.17, 15) is 13.6 Å². The monoisotopic (exact) mass is 194 g/mol. The summed E-state index contributed by atoms with van der Waals surface area (Å²) < 4.78 is 24.5. The molecule has 0 saturated carbocycles. The maximum absolute atomic E-state index is 11.8. The number of rotatable bonds is 3. The molecule has 0 aliphatic heterocycles. The number of aromatic nitrogens is 2. The van der Waals surface area contributed by atoms with Crippen LogP contribution >= 0.6 is 11.6 Å². The predicted molar refractivity (Wildman–Crippen MR) is 38.6 cm³/mol. The van der Waals surface area contributed by atoms with Gasteiger partial charge >= 0.3 is 0 Å². The minimum absolute atomic E-state index is 0.0164. The molecule has 0 aliphatic carbocycles. The number of aldehydes is 1. The fourth-order valence-corrected chi connectivity index (χ4v) is 0.922. The summed E-state index contributed by atoms with van der Waals surface area (Å²) in [6.45, 7) is -0.548. The molecule has 1 heterocycles. The van der Waals surface area contributed by atoms with Crippen LogP contribution in [0.5, 0.6) is 0 Å². The second-order valence-electron chi connectivity index (χ2n) is 2.09. The van der Waals surface area contributed by atoms with E-state index in [4.69, 9.17) is 11.6 Å². The van der Waals surface area contributed by atoms with Crippen LogP contribution in [0.15, 0.2) is 6.20 Å². The first-order valence-electron chi connectivity index (χ1n) is 3.09. The van der Waals surface area contributed by atoms with Gasteiger partial charge in [0, 0.05) is 6.20 Å². The Bertz CT molecular complexity index is 287. The molecule has 0 aromatic carbocycles. The molecule has 12 heavy (non-hydrogen) atoms. The van der Waals surface area contributed by atoms with E-state index in [0.29, 0.717) is 6.29 Å². The molecule has 0 fully saturated rings. The Hall–Kier alpha value is -0.970. The molecule has 0 bridgehead atoms. The molecular formula is C6H5ClF2N2O. The van der Waals surface area contributed by atoms with Gasteiger partial charge in [0.25, 0.3) is 6.43 Å². The lowest BCUT2D eigenvalue weighted by Gasteiger charge is -1.96. The van der Waals surface area contributed by atoms with Crippen LogP contribution in [0.25, 0.3) is 0 Å². The van der Waals surface area contributed by atoms with Gasteiger partial charge in [-0.1, -0.05) is 11.6 Å². The van der Waals surface area contributed by atoms with E-state index >= 15 is 0 Å². The molecule has 66 valence electrons. The van der Waals surface area contributed by atoms with Gasteiger partial charge in [0.2, 0.25) is 0 Å². The molecule has 0 radical (unpaired) electrons. The van der Waals surface area contributed by atoms with E-state index in [1.165, 1.54) is 6.20 Å². The quantitative estimate of drug-likeness (QED) is 0.686. The average molecular weight is 195 g/mol. The third-order valence-electron chi connectivity index (χ3n) is 1.18. The van der Waals surface area contributed by atoms with E-state index in [2.05, 4.69) is 5.10 Å². The van der Waals surface area contributed by atoms with E-state index < -0.39 is 13.0 Å². The molecule has 6 heteroatoms. The van der Waals surface area contributed by atoms with Crippen molar-refractivity contribution in [3.63, 3.8) is 0 Å². The highest BCUT2D eigenvalue weighted by Gasteiger charge is 2.09. The number of carbonyl (C=O) groups excluding carboxylic acids is 1. The lowest BCUT2D eigenvalue weighted by atomic mass is 10.5. The highest BCUT2D eigenvalue weighted by atomic mass is 35.5. The summed E-state index contributed by atoms with van der Waals surface area (Å²) in [5.41, 5.74) is -0.0164. The van der Waals surface area contributed by atoms with E-state index in [1.807, 2.05) is 0 Å². The van der Waals surface area contributed by atoms with Crippen molar-refractivity contribution < 1.29 is 13.6 Å². The van der Waals surface area contributed by atoms with Crippen molar-refractivity contribution in [2.75, 3.05) is 0 Å². The van der Waals surface area contributed by atoms with Crippen LogP contribution in [0.3, 0.4) is 0 Å². The fraction of sp³-hybridized carbons (Fsp3) is 0.333. The van der Waals surface area contributed by atoms with Crippen molar-refractivity contribution in [1.29, 1.82) is 0 Å². The molecule has 0 saturated heterocycles. The predicted octanol–water partition coefficient (Wildman–Crippen LogP) is 1.61. The Morgan fingerprint density at radius 2 is 2.42 bits per heavy atom. The van der Waals surface area contributed by atoms with Crippen molar-refractivity contribution in [1.82, 2.24) is 9.78 Å². The van der Waals surface area contributed by atoms with Crippen LogP contribution in [0.2, 0.25) is 5.02 Å². The highest BCUT2D eigenvalue weighted by Crippen LogP contribution is 2.12.